The van der Waals surface area contributed by atoms with Crippen molar-refractivity contribution < 1.29 is 5.11 Å². The Morgan fingerprint density at radius 2 is 2.13 bits per heavy atom. The van der Waals surface area contributed by atoms with E-state index < -0.39 is 0 Å². The minimum Gasteiger partial charge on any atom is -0.392 e. The molecule has 1 heterocycles. The summed E-state index contributed by atoms with van der Waals surface area (Å²) in [5.41, 5.74) is 5.65. The SMILES string of the molecule is CC(C)C(CN)C(O)Cc1ccc(Cl)s1. The molecule has 0 aliphatic heterocycles. The van der Waals surface area contributed by atoms with Crippen molar-refractivity contribution in [3.8, 4) is 0 Å². The molecule has 2 nitrogen and oxygen atoms in total. The largest absolute Gasteiger partial charge is 0.392 e. The minimum absolute atomic E-state index is 0.158. The average molecular weight is 248 g/mol. The minimum atomic E-state index is -0.371. The van der Waals surface area contributed by atoms with Crippen LogP contribution in [-0.2, 0) is 6.42 Å². The van der Waals surface area contributed by atoms with Crippen LogP contribution in [0.1, 0.15) is 18.7 Å². The fraction of sp³-hybridized carbons (Fsp3) is 0.636. The Balaban J connectivity index is 2.57. The molecule has 2 atom stereocenters. The van der Waals surface area contributed by atoms with Crippen LogP contribution in [0, 0.1) is 11.8 Å². The quantitative estimate of drug-likeness (QED) is 0.840. The summed E-state index contributed by atoms with van der Waals surface area (Å²) in [6.45, 7) is 4.70. The lowest BCUT2D eigenvalue weighted by atomic mass is 9.88. The van der Waals surface area contributed by atoms with Crippen LogP contribution in [0.5, 0.6) is 0 Å². The van der Waals surface area contributed by atoms with Gasteiger partial charge in [0.1, 0.15) is 0 Å². The molecule has 3 N–H and O–H groups in total. The molecule has 0 aromatic carbocycles. The molecule has 0 saturated carbocycles. The second kappa shape index (κ2) is 5.85. The molecule has 4 heteroatoms. The first-order valence-electron chi connectivity index (χ1n) is 5.17. The summed E-state index contributed by atoms with van der Waals surface area (Å²) >= 11 is 7.35. The molecule has 0 amide bonds. The van der Waals surface area contributed by atoms with Gasteiger partial charge in [-0.3, -0.25) is 0 Å². The van der Waals surface area contributed by atoms with Crippen molar-refractivity contribution in [3.05, 3.63) is 21.3 Å². The van der Waals surface area contributed by atoms with E-state index in [2.05, 4.69) is 13.8 Å². The maximum absolute atomic E-state index is 10.0. The molecule has 0 saturated heterocycles. The number of rotatable bonds is 5. The fourth-order valence-electron chi connectivity index (χ4n) is 1.69. The van der Waals surface area contributed by atoms with Gasteiger partial charge in [-0.15, -0.1) is 11.3 Å². The number of halogens is 1. The summed E-state index contributed by atoms with van der Waals surface area (Å²) in [6.07, 6.45) is 0.280. The van der Waals surface area contributed by atoms with Gasteiger partial charge in [-0.1, -0.05) is 25.4 Å². The Kier molecular flexibility index (Phi) is 5.06. The first-order valence-corrected chi connectivity index (χ1v) is 6.36. The second-order valence-electron chi connectivity index (χ2n) is 4.12. The van der Waals surface area contributed by atoms with Crippen molar-refractivity contribution in [2.24, 2.45) is 17.6 Å². The molecule has 1 rings (SSSR count). The van der Waals surface area contributed by atoms with Gasteiger partial charge in [-0.05, 0) is 30.5 Å². The van der Waals surface area contributed by atoms with Crippen LogP contribution in [0.25, 0.3) is 0 Å². The summed E-state index contributed by atoms with van der Waals surface area (Å²) in [4.78, 5) is 1.12. The highest BCUT2D eigenvalue weighted by Gasteiger charge is 2.21. The molecule has 0 aliphatic rings. The van der Waals surface area contributed by atoms with Crippen LogP contribution in [0.3, 0.4) is 0 Å². The van der Waals surface area contributed by atoms with Gasteiger partial charge in [0.25, 0.3) is 0 Å². The summed E-state index contributed by atoms with van der Waals surface area (Å²) in [5, 5.41) is 10.0. The van der Waals surface area contributed by atoms with E-state index in [1.807, 2.05) is 12.1 Å². The third-order valence-corrected chi connectivity index (χ3v) is 3.92. The van der Waals surface area contributed by atoms with Crippen molar-refractivity contribution in [2.75, 3.05) is 6.54 Å². The van der Waals surface area contributed by atoms with E-state index in [-0.39, 0.29) is 12.0 Å². The number of hydrogen-bond acceptors (Lipinski definition) is 3. The first kappa shape index (κ1) is 13.0. The fourth-order valence-corrected chi connectivity index (χ4v) is 2.83. The Hall–Kier alpha value is -0.0900. The smallest absolute Gasteiger partial charge is 0.0931 e. The van der Waals surface area contributed by atoms with Crippen LogP contribution in [0.2, 0.25) is 4.34 Å². The highest BCUT2D eigenvalue weighted by Crippen LogP contribution is 2.25. The molecular formula is C11H18ClNOS. The molecule has 0 radical (unpaired) electrons. The van der Waals surface area contributed by atoms with E-state index in [4.69, 9.17) is 17.3 Å². The Morgan fingerprint density at radius 1 is 1.47 bits per heavy atom. The molecule has 15 heavy (non-hydrogen) atoms. The molecule has 0 spiro atoms. The van der Waals surface area contributed by atoms with Crippen molar-refractivity contribution in [2.45, 2.75) is 26.4 Å². The van der Waals surface area contributed by atoms with Crippen LogP contribution in [0.4, 0.5) is 0 Å². The summed E-state index contributed by atoms with van der Waals surface area (Å²) in [6, 6.07) is 3.82. The molecular weight excluding hydrogens is 230 g/mol. The van der Waals surface area contributed by atoms with E-state index in [0.717, 1.165) is 9.21 Å². The topological polar surface area (TPSA) is 46.2 Å². The Bertz CT molecular complexity index is 301. The van der Waals surface area contributed by atoms with Gasteiger partial charge in [-0.25, -0.2) is 0 Å². The van der Waals surface area contributed by atoms with Crippen LogP contribution < -0.4 is 5.73 Å². The van der Waals surface area contributed by atoms with Crippen molar-refractivity contribution in [1.82, 2.24) is 0 Å². The Labute approximate surface area is 100 Å². The highest BCUT2D eigenvalue weighted by atomic mass is 35.5. The lowest BCUT2D eigenvalue weighted by Gasteiger charge is -2.24. The number of hydrogen-bond donors (Lipinski definition) is 2. The van der Waals surface area contributed by atoms with E-state index in [0.29, 0.717) is 18.9 Å². The van der Waals surface area contributed by atoms with Gasteiger partial charge < -0.3 is 10.8 Å². The van der Waals surface area contributed by atoms with Crippen molar-refractivity contribution >= 4 is 22.9 Å². The third kappa shape index (κ3) is 3.76. The van der Waals surface area contributed by atoms with Crippen molar-refractivity contribution in [1.29, 1.82) is 0 Å². The van der Waals surface area contributed by atoms with Gasteiger partial charge in [-0.2, -0.15) is 0 Å². The maximum atomic E-state index is 10.0. The molecule has 86 valence electrons. The maximum Gasteiger partial charge on any atom is 0.0931 e. The number of aliphatic hydroxyl groups is 1. The Morgan fingerprint density at radius 3 is 2.53 bits per heavy atom. The zero-order valence-corrected chi connectivity index (χ0v) is 10.7. The molecule has 2 unspecified atom stereocenters. The summed E-state index contributed by atoms with van der Waals surface area (Å²) in [5.74, 6) is 0.561. The van der Waals surface area contributed by atoms with Crippen LogP contribution in [0.15, 0.2) is 12.1 Å². The third-order valence-electron chi connectivity index (χ3n) is 2.66. The predicted molar refractivity (Wildman–Crippen MR) is 66.4 cm³/mol. The predicted octanol–water partition coefficient (Wildman–Crippen LogP) is 2.54. The summed E-state index contributed by atoms with van der Waals surface area (Å²) < 4.78 is 0.769. The molecule has 0 fully saturated rings. The normalized spacial score (nSPS) is 15.6. The van der Waals surface area contributed by atoms with Crippen LogP contribution in [-0.4, -0.2) is 17.8 Å². The molecule has 1 aromatic rings. The second-order valence-corrected chi connectivity index (χ2v) is 5.92. The van der Waals surface area contributed by atoms with Gasteiger partial charge in [0.15, 0.2) is 0 Å². The van der Waals surface area contributed by atoms with Crippen LogP contribution >= 0.6 is 22.9 Å². The number of aliphatic hydroxyl groups excluding tert-OH is 1. The van der Waals surface area contributed by atoms with E-state index >= 15 is 0 Å². The van der Waals surface area contributed by atoms with Gasteiger partial charge in [0.05, 0.1) is 10.4 Å². The number of nitrogens with two attached hydrogens (primary N) is 1. The monoisotopic (exact) mass is 247 g/mol. The van der Waals surface area contributed by atoms with Crippen molar-refractivity contribution in [3.63, 3.8) is 0 Å². The van der Waals surface area contributed by atoms with E-state index in [1.165, 1.54) is 11.3 Å². The highest BCUT2D eigenvalue weighted by molar-refractivity contribution is 7.16. The van der Waals surface area contributed by atoms with E-state index in [9.17, 15) is 5.11 Å². The molecule has 0 bridgehead atoms. The number of thiophene rings is 1. The molecule has 1 aromatic heterocycles. The van der Waals surface area contributed by atoms with Gasteiger partial charge >= 0.3 is 0 Å². The van der Waals surface area contributed by atoms with E-state index in [1.54, 1.807) is 0 Å². The average Bonchev–Trinajstić information content (AvgIpc) is 2.51. The lowest BCUT2D eigenvalue weighted by Crippen LogP contribution is -2.33. The molecule has 0 aliphatic carbocycles. The summed E-state index contributed by atoms with van der Waals surface area (Å²) in [7, 11) is 0. The van der Waals surface area contributed by atoms with Gasteiger partial charge in [0.2, 0.25) is 0 Å². The zero-order valence-electron chi connectivity index (χ0n) is 9.11. The first-order chi connectivity index (χ1) is 7.04. The zero-order chi connectivity index (χ0) is 11.4. The lowest BCUT2D eigenvalue weighted by molar-refractivity contribution is 0.0870. The van der Waals surface area contributed by atoms with Gasteiger partial charge in [0, 0.05) is 11.3 Å². The standard InChI is InChI=1S/C11H18ClNOS/c1-7(2)9(6-13)10(14)5-8-3-4-11(12)15-8/h3-4,7,9-10,14H,5-6,13H2,1-2H3.